The van der Waals surface area contributed by atoms with Crippen LogP contribution in [0.4, 0.5) is 13.2 Å². The maximum absolute atomic E-state index is 12.7. The molecule has 106 valence electrons. The van der Waals surface area contributed by atoms with Crippen molar-refractivity contribution in [2.24, 2.45) is 0 Å². The third-order valence-electron chi connectivity index (χ3n) is 3.42. The lowest BCUT2D eigenvalue weighted by Crippen LogP contribution is -2.36. The molecule has 1 aliphatic heterocycles. The molecule has 0 amide bonds. The molecule has 1 atom stereocenters. The summed E-state index contributed by atoms with van der Waals surface area (Å²) in [5.41, 5.74) is 0.0759. The number of halogens is 3. The zero-order chi connectivity index (χ0) is 13.9. The Balaban J connectivity index is 2.04. The predicted octanol–water partition coefficient (Wildman–Crippen LogP) is 3.54. The molecule has 0 aliphatic carbocycles. The Hall–Kier alpha value is -1.07. The van der Waals surface area contributed by atoms with Crippen molar-refractivity contribution in [1.29, 1.82) is 0 Å². The topological polar surface area (TPSA) is 21.3 Å². The lowest BCUT2D eigenvalue weighted by molar-refractivity contribution is -0.137. The van der Waals surface area contributed by atoms with Gasteiger partial charge in [0.25, 0.3) is 0 Å². The summed E-state index contributed by atoms with van der Waals surface area (Å²) in [7, 11) is 0. The highest BCUT2D eigenvalue weighted by molar-refractivity contribution is 5.27. The third-order valence-corrected chi connectivity index (χ3v) is 3.42. The van der Waals surface area contributed by atoms with Gasteiger partial charge in [0, 0.05) is 25.3 Å². The lowest BCUT2D eigenvalue weighted by Gasteiger charge is -2.27. The van der Waals surface area contributed by atoms with E-state index >= 15 is 0 Å². The van der Waals surface area contributed by atoms with E-state index in [-0.39, 0.29) is 6.04 Å². The van der Waals surface area contributed by atoms with E-state index in [1.807, 2.05) is 6.92 Å². The minimum atomic E-state index is -4.28. The molecule has 2 nitrogen and oxygen atoms in total. The van der Waals surface area contributed by atoms with Crippen LogP contribution in [-0.4, -0.2) is 19.3 Å². The number of hydrogen-bond acceptors (Lipinski definition) is 2. The van der Waals surface area contributed by atoms with E-state index < -0.39 is 11.7 Å². The van der Waals surface area contributed by atoms with Gasteiger partial charge in [-0.25, -0.2) is 0 Å². The summed E-state index contributed by atoms with van der Waals surface area (Å²) in [4.78, 5) is 0. The van der Waals surface area contributed by atoms with Crippen molar-refractivity contribution in [3.05, 3.63) is 35.4 Å². The molecule has 0 aromatic heterocycles. The van der Waals surface area contributed by atoms with E-state index in [9.17, 15) is 13.2 Å². The molecular weight excluding hydrogens is 255 g/mol. The molecule has 0 bridgehead atoms. The van der Waals surface area contributed by atoms with Crippen LogP contribution in [0.3, 0.4) is 0 Å². The molecule has 1 N–H and O–H groups in total. The number of hydrogen-bond donors (Lipinski definition) is 1. The van der Waals surface area contributed by atoms with Crippen LogP contribution in [0.5, 0.6) is 0 Å². The second-order valence-corrected chi connectivity index (χ2v) is 4.90. The normalized spacial score (nSPS) is 19.4. The first-order chi connectivity index (χ1) is 8.97. The van der Waals surface area contributed by atoms with Gasteiger partial charge < -0.3 is 10.1 Å². The minimum Gasteiger partial charge on any atom is -0.381 e. The summed E-state index contributed by atoms with van der Waals surface area (Å²) < 4.78 is 43.2. The van der Waals surface area contributed by atoms with Crippen molar-refractivity contribution in [3.8, 4) is 0 Å². The van der Waals surface area contributed by atoms with Crippen molar-refractivity contribution in [3.63, 3.8) is 0 Å². The molecule has 2 rings (SSSR count). The van der Waals surface area contributed by atoms with Crippen LogP contribution >= 0.6 is 0 Å². The first-order valence-electron chi connectivity index (χ1n) is 6.48. The van der Waals surface area contributed by atoms with Gasteiger partial charge in [-0.2, -0.15) is 13.2 Å². The molecule has 19 heavy (non-hydrogen) atoms. The van der Waals surface area contributed by atoms with E-state index in [2.05, 4.69) is 5.32 Å². The van der Waals surface area contributed by atoms with Crippen LogP contribution in [0.1, 0.15) is 36.9 Å². The largest absolute Gasteiger partial charge is 0.416 e. The maximum Gasteiger partial charge on any atom is 0.416 e. The average molecular weight is 273 g/mol. The monoisotopic (exact) mass is 273 g/mol. The molecule has 1 saturated heterocycles. The molecule has 1 aromatic rings. The molecular formula is C14H18F3NO. The fourth-order valence-electron chi connectivity index (χ4n) is 2.30. The molecule has 5 heteroatoms. The molecule has 0 radical (unpaired) electrons. The average Bonchev–Trinajstić information content (AvgIpc) is 2.39. The standard InChI is InChI=1S/C14H18F3NO/c1-10(18-13-5-7-19-8-6-13)11-3-2-4-12(9-11)14(15,16)17/h2-4,9-10,13,18H,5-8H2,1H3. The number of nitrogens with one attached hydrogen (secondary N) is 1. The Kier molecular flexibility index (Phi) is 4.47. The number of ether oxygens (including phenoxy) is 1. The molecule has 1 unspecified atom stereocenters. The van der Waals surface area contributed by atoms with E-state index in [1.165, 1.54) is 12.1 Å². The van der Waals surface area contributed by atoms with E-state index in [1.54, 1.807) is 6.07 Å². The van der Waals surface area contributed by atoms with Gasteiger partial charge in [-0.3, -0.25) is 0 Å². The Labute approximate surface area is 111 Å². The zero-order valence-corrected chi connectivity index (χ0v) is 10.8. The van der Waals surface area contributed by atoms with Crippen LogP contribution in [0, 0.1) is 0 Å². The highest BCUT2D eigenvalue weighted by Gasteiger charge is 2.30. The van der Waals surface area contributed by atoms with Gasteiger partial charge in [-0.15, -0.1) is 0 Å². The molecule has 0 saturated carbocycles. The fraction of sp³-hybridized carbons (Fsp3) is 0.571. The summed E-state index contributed by atoms with van der Waals surface area (Å²) in [6, 6.07) is 5.73. The molecule has 1 fully saturated rings. The summed E-state index contributed by atoms with van der Waals surface area (Å²) in [6.07, 6.45) is -2.47. The molecule has 1 aliphatic rings. The Morgan fingerprint density at radius 3 is 2.58 bits per heavy atom. The second kappa shape index (κ2) is 5.92. The number of benzene rings is 1. The fourth-order valence-corrected chi connectivity index (χ4v) is 2.30. The van der Waals surface area contributed by atoms with Crippen LogP contribution in [-0.2, 0) is 10.9 Å². The van der Waals surface area contributed by atoms with Crippen molar-refractivity contribution in [2.75, 3.05) is 13.2 Å². The first-order valence-corrected chi connectivity index (χ1v) is 6.48. The molecule has 1 aromatic carbocycles. The lowest BCUT2D eigenvalue weighted by atomic mass is 10.0. The van der Waals surface area contributed by atoms with Gasteiger partial charge in [0.1, 0.15) is 0 Å². The van der Waals surface area contributed by atoms with Crippen molar-refractivity contribution >= 4 is 0 Å². The highest BCUT2D eigenvalue weighted by atomic mass is 19.4. The van der Waals surface area contributed by atoms with E-state index in [0.717, 1.165) is 18.9 Å². The van der Waals surface area contributed by atoms with Gasteiger partial charge in [0.05, 0.1) is 5.56 Å². The van der Waals surface area contributed by atoms with Crippen LogP contribution < -0.4 is 5.32 Å². The number of rotatable bonds is 3. The smallest absolute Gasteiger partial charge is 0.381 e. The van der Waals surface area contributed by atoms with Gasteiger partial charge in [0.15, 0.2) is 0 Å². The first kappa shape index (κ1) is 14.3. The van der Waals surface area contributed by atoms with Crippen molar-refractivity contribution in [2.45, 2.75) is 38.0 Å². The predicted molar refractivity (Wildman–Crippen MR) is 66.8 cm³/mol. The molecule has 0 spiro atoms. The van der Waals surface area contributed by atoms with Gasteiger partial charge in [0.2, 0.25) is 0 Å². The molecule has 1 heterocycles. The quantitative estimate of drug-likeness (QED) is 0.909. The summed E-state index contributed by atoms with van der Waals surface area (Å²) in [5, 5.41) is 3.37. The third kappa shape index (κ3) is 3.94. The maximum atomic E-state index is 12.7. The van der Waals surface area contributed by atoms with Crippen molar-refractivity contribution < 1.29 is 17.9 Å². The van der Waals surface area contributed by atoms with Crippen molar-refractivity contribution in [1.82, 2.24) is 5.32 Å². The van der Waals surface area contributed by atoms with Crippen LogP contribution in [0.15, 0.2) is 24.3 Å². The van der Waals surface area contributed by atoms with E-state index in [0.29, 0.717) is 24.8 Å². The highest BCUT2D eigenvalue weighted by Crippen LogP contribution is 2.30. The van der Waals surface area contributed by atoms with Gasteiger partial charge in [-0.05, 0) is 37.5 Å². The Bertz CT molecular complexity index is 413. The SMILES string of the molecule is CC(NC1CCOCC1)c1cccc(C(F)(F)F)c1. The summed E-state index contributed by atoms with van der Waals surface area (Å²) in [6.45, 7) is 3.32. The minimum absolute atomic E-state index is 0.0922. The van der Waals surface area contributed by atoms with Gasteiger partial charge in [-0.1, -0.05) is 12.1 Å². The van der Waals surface area contributed by atoms with Gasteiger partial charge >= 0.3 is 6.18 Å². The number of alkyl halides is 3. The van der Waals surface area contributed by atoms with Crippen LogP contribution in [0.25, 0.3) is 0 Å². The second-order valence-electron chi connectivity index (χ2n) is 4.90. The van der Waals surface area contributed by atoms with Crippen LogP contribution in [0.2, 0.25) is 0 Å². The Morgan fingerprint density at radius 1 is 1.26 bits per heavy atom. The zero-order valence-electron chi connectivity index (χ0n) is 10.8. The summed E-state index contributed by atoms with van der Waals surface area (Å²) >= 11 is 0. The van der Waals surface area contributed by atoms with E-state index in [4.69, 9.17) is 4.74 Å². The summed E-state index contributed by atoms with van der Waals surface area (Å²) in [5.74, 6) is 0. The Morgan fingerprint density at radius 2 is 1.95 bits per heavy atom.